The van der Waals surface area contributed by atoms with Crippen molar-refractivity contribution in [1.29, 1.82) is 0 Å². The molecule has 7 nitrogen and oxygen atoms in total. The van der Waals surface area contributed by atoms with Crippen LogP contribution in [0, 0.1) is 0 Å². The summed E-state index contributed by atoms with van der Waals surface area (Å²) in [5, 5.41) is 11.6. The van der Waals surface area contributed by atoms with Gasteiger partial charge in [0.1, 0.15) is 28.5 Å². The maximum absolute atomic E-state index is 13.4. The first-order valence-corrected chi connectivity index (χ1v) is 14.5. The fraction of sp³-hybridized carbons (Fsp3) is 0.406. The standard InChI is InChI=1S/C32H32F3N5O2/c1-31(42,20-3-2-4-22(15-20)32(33,34)35)21-8-11-24(25(16-21)18-5-6-18)27-28-29(36)37-13-14-39(28)30(38-27)19-7-9-23-10-12-26(41)40(23)17-19/h2-4,8,11,13-16,18-19,23,42H,5-7,9-10,12,17H2,1H3,(H2,36,37)/t19-,23+,31?/m1/s1. The van der Waals surface area contributed by atoms with E-state index in [1.165, 1.54) is 19.1 Å². The number of aromatic nitrogens is 3. The van der Waals surface area contributed by atoms with Crippen LogP contribution in [0.25, 0.3) is 16.8 Å². The van der Waals surface area contributed by atoms with Crippen LogP contribution < -0.4 is 5.73 Å². The maximum atomic E-state index is 13.4. The van der Waals surface area contributed by atoms with Crippen LogP contribution in [-0.2, 0) is 16.6 Å². The predicted octanol–water partition coefficient (Wildman–Crippen LogP) is 6.00. The number of fused-ring (bicyclic) bond motifs is 2. The van der Waals surface area contributed by atoms with Gasteiger partial charge >= 0.3 is 6.18 Å². The lowest BCUT2D eigenvalue weighted by Gasteiger charge is -2.34. The molecule has 3 fully saturated rings. The van der Waals surface area contributed by atoms with E-state index in [1.54, 1.807) is 12.3 Å². The molecule has 2 saturated heterocycles. The lowest BCUT2D eigenvalue weighted by molar-refractivity contribution is -0.137. The number of anilines is 1. The Balaban J connectivity index is 1.32. The van der Waals surface area contributed by atoms with Crippen molar-refractivity contribution in [2.24, 2.45) is 0 Å². The number of halogens is 3. The summed E-state index contributed by atoms with van der Waals surface area (Å²) < 4.78 is 42.3. The van der Waals surface area contributed by atoms with Gasteiger partial charge in [-0.2, -0.15) is 13.2 Å². The van der Waals surface area contributed by atoms with Crippen molar-refractivity contribution in [3.63, 3.8) is 0 Å². The first-order valence-electron chi connectivity index (χ1n) is 14.5. The highest BCUT2D eigenvalue weighted by molar-refractivity contribution is 5.87. The quantitative estimate of drug-likeness (QED) is 0.304. The molecular formula is C32H32F3N5O2. The van der Waals surface area contributed by atoms with Gasteiger partial charge in [-0.1, -0.05) is 30.3 Å². The summed E-state index contributed by atoms with van der Waals surface area (Å²) in [5.41, 5.74) is 7.91. The minimum Gasteiger partial charge on any atom is -0.382 e. The molecule has 3 atom stereocenters. The normalized spacial score (nSPS) is 22.4. The minimum atomic E-state index is -4.51. The van der Waals surface area contributed by atoms with Gasteiger partial charge in [-0.25, -0.2) is 9.97 Å². The van der Waals surface area contributed by atoms with Crippen molar-refractivity contribution < 1.29 is 23.1 Å². The zero-order valence-electron chi connectivity index (χ0n) is 23.2. The molecule has 42 heavy (non-hydrogen) atoms. The average molecular weight is 576 g/mol. The van der Waals surface area contributed by atoms with Gasteiger partial charge in [0.25, 0.3) is 0 Å². The van der Waals surface area contributed by atoms with Crippen LogP contribution in [0.4, 0.5) is 19.0 Å². The lowest BCUT2D eigenvalue weighted by Crippen LogP contribution is -2.41. The van der Waals surface area contributed by atoms with E-state index < -0.39 is 17.3 Å². The van der Waals surface area contributed by atoms with Crippen LogP contribution in [0.15, 0.2) is 54.9 Å². The van der Waals surface area contributed by atoms with E-state index in [1.807, 2.05) is 27.6 Å². The number of hydrogen-bond donors (Lipinski definition) is 2. The second-order valence-electron chi connectivity index (χ2n) is 12.1. The van der Waals surface area contributed by atoms with E-state index in [9.17, 15) is 23.1 Å². The van der Waals surface area contributed by atoms with Crippen molar-refractivity contribution in [2.45, 2.75) is 75.1 Å². The predicted molar refractivity (Wildman–Crippen MR) is 152 cm³/mol. The average Bonchev–Trinajstić information content (AvgIpc) is 3.65. The molecule has 0 bridgehead atoms. The fourth-order valence-corrected chi connectivity index (χ4v) is 6.82. The third-order valence-corrected chi connectivity index (χ3v) is 9.33. The molecule has 2 aromatic carbocycles. The third-order valence-electron chi connectivity index (χ3n) is 9.33. The number of nitrogens with two attached hydrogens (primary N) is 1. The van der Waals surface area contributed by atoms with Crippen LogP contribution in [0.2, 0.25) is 0 Å². The van der Waals surface area contributed by atoms with E-state index >= 15 is 0 Å². The SMILES string of the molecule is CC(O)(c1cccc(C(F)(F)F)c1)c1ccc(-c2nc([C@@H]3CC[C@H]4CCC(=O)N4C3)n3ccnc(N)c23)c(C2CC2)c1. The number of nitrogen functional groups attached to an aromatic ring is 1. The van der Waals surface area contributed by atoms with Gasteiger partial charge in [0.2, 0.25) is 5.91 Å². The summed E-state index contributed by atoms with van der Waals surface area (Å²) in [6, 6.07) is 10.7. The van der Waals surface area contributed by atoms with E-state index in [-0.39, 0.29) is 23.3 Å². The number of amides is 1. The molecule has 7 rings (SSSR count). The van der Waals surface area contributed by atoms with Crippen LogP contribution in [0.3, 0.4) is 0 Å². The molecule has 10 heteroatoms. The molecule has 2 aliphatic heterocycles. The zero-order valence-corrected chi connectivity index (χ0v) is 23.2. The van der Waals surface area contributed by atoms with Crippen molar-refractivity contribution in [3.05, 3.63) is 82.9 Å². The monoisotopic (exact) mass is 575 g/mol. The van der Waals surface area contributed by atoms with Crippen LogP contribution >= 0.6 is 0 Å². The Labute approximate surface area is 241 Å². The van der Waals surface area contributed by atoms with Gasteiger partial charge in [0, 0.05) is 42.9 Å². The van der Waals surface area contributed by atoms with Crippen LogP contribution in [0.5, 0.6) is 0 Å². The molecule has 218 valence electrons. The Bertz CT molecular complexity index is 1710. The molecule has 1 amide bonds. The molecular weight excluding hydrogens is 543 g/mol. The summed E-state index contributed by atoms with van der Waals surface area (Å²) in [6.07, 6.45) is 4.31. The number of rotatable bonds is 5. The largest absolute Gasteiger partial charge is 0.416 e. The molecule has 0 radical (unpaired) electrons. The zero-order chi connectivity index (χ0) is 29.4. The Morgan fingerprint density at radius 1 is 0.976 bits per heavy atom. The number of imidazole rings is 1. The maximum Gasteiger partial charge on any atom is 0.416 e. The van der Waals surface area contributed by atoms with E-state index in [0.29, 0.717) is 41.6 Å². The number of hydrogen-bond acceptors (Lipinski definition) is 5. The van der Waals surface area contributed by atoms with Crippen molar-refractivity contribution in [2.75, 3.05) is 12.3 Å². The fourth-order valence-electron chi connectivity index (χ4n) is 6.82. The lowest BCUT2D eigenvalue weighted by atomic mass is 9.84. The molecule has 2 aromatic heterocycles. The van der Waals surface area contributed by atoms with E-state index in [0.717, 1.165) is 61.2 Å². The smallest absolute Gasteiger partial charge is 0.382 e. The second-order valence-corrected chi connectivity index (χ2v) is 12.1. The van der Waals surface area contributed by atoms with Gasteiger partial charge in [0.05, 0.1) is 5.56 Å². The number of benzene rings is 2. The first-order chi connectivity index (χ1) is 20.0. The number of aliphatic hydroxyl groups is 1. The van der Waals surface area contributed by atoms with Crippen LogP contribution in [0.1, 0.15) is 85.4 Å². The third kappa shape index (κ3) is 4.43. The Morgan fingerprint density at radius 2 is 1.71 bits per heavy atom. The number of piperidine rings is 1. The van der Waals surface area contributed by atoms with Crippen molar-refractivity contribution in [1.82, 2.24) is 19.3 Å². The molecule has 4 aromatic rings. The molecule has 1 unspecified atom stereocenters. The van der Waals surface area contributed by atoms with Crippen molar-refractivity contribution in [3.8, 4) is 11.3 Å². The van der Waals surface area contributed by atoms with Gasteiger partial charge in [-0.05, 0) is 73.8 Å². The topological polar surface area (TPSA) is 96.8 Å². The number of nitrogens with zero attached hydrogens (tertiary/aromatic N) is 4. The molecule has 3 aliphatic rings. The molecule has 1 saturated carbocycles. The summed E-state index contributed by atoms with van der Waals surface area (Å²) >= 11 is 0. The molecule has 4 heterocycles. The highest BCUT2D eigenvalue weighted by Gasteiger charge is 2.39. The Morgan fingerprint density at radius 3 is 2.48 bits per heavy atom. The minimum absolute atomic E-state index is 0.0524. The summed E-state index contributed by atoms with van der Waals surface area (Å²) in [6.45, 7) is 2.15. The highest BCUT2D eigenvalue weighted by atomic mass is 19.4. The van der Waals surface area contributed by atoms with E-state index in [4.69, 9.17) is 10.7 Å². The summed E-state index contributed by atoms with van der Waals surface area (Å²) in [5.74, 6) is 1.68. The second kappa shape index (κ2) is 9.55. The van der Waals surface area contributed by atoms with Crippen LogP contribution in [-0.4, -0.2) is 42.9 Å². The van der Waals surface area contributed by atoms with Gasteiger partial charge in [-0.15, -0.1) is 0 Å². The molecule has 0 spiro atoms. The Hall–Kier alpha value is -3.92. The summed E-state index contributed by atoms with van der Waals surface area (Å²) in [7, 11) is 0. The molecule has 1 aliphatic carbocycles. The van der Waals surface area contributed by atoms with Gasteiger partial charge in [-0.3, -0.25) is 9.20 Å². The first kappa shape index (κ1) is 26.9. The Kier molecular flexibility index (Phi) is 6.13. The van der Waals surface area contributed by atoms with Gasteiger partial charge in [0.15, 0.2) is 0 Å². The highest BCUT2D eigenvalue weighted by Crippen LogP contribution is 2.48. The van der Waals surface area contributed by atoms with E-state index in [2.05, 4.69) is 4.98 Å². The number of carbonyl (C=O) groups excluding carboxylic acids is 1. The number of alkyl halides is 3. The van der Waals surface area contributed by atoms with Crippen molar-refractivity contribution >= 4 is 17.2 Å². The van der Waals surface area contributed by atoms with Gasteiger partial charge < -0.3 is 15.7 Å². The number of carbonyl (C=O) groups is 1. The summed E-state index contributed by atoms with van der Waals surface area (Å²) in [4.78, 5) is 24.0. The molecule has 3 N–H and O–H groups in total.